The molecule has 2 N–H and O–H groups in total. The number of amides is 1. The Labute approximate surface area is 177 Å². The van der Waals surface area contributed by atoms with Crippen LogP contribution in [0.3, 0.4) is 0 Å². The Morgan fingerprint density at radius 1 is 1.00 bits per heavy atom. The molecule has 1 amide bonds. The molecular formula is C21H30N2O6S. The Bertz CT molecular complexity index is 858. The maximum absolute atomic E-state index is 12.6. The second kappa shape index (κ2) is 10.3. The number of hydrogen-bond acceptors (Lipinski definition) is 6. The van der Waals surface area contributed by atoms with Crippen LogP contribution in [-0.4, -0.2) is 46.1 Å². The summed E-state index contributed by atoms with van der Waals surface area (Å²) in [5, 5.41) is 2.93. The zero-order valence-corrected chi connectivity index (χ0v) is 18.1. The molecule has 0 saturated heterocycles. The van der Waals surface area contributed by atoms with E-state index in [2.05, 4.69) is 10.0 Å². The van der Waals surface area contributed by atoms with Crippen LogP contribution in [-0.2, 0) is 19.6 Å². The van der Waals surface area contributed by atoms with E-state index in [1.54, 1.807) is 0 Å². The normalized spacial score (nSPS) is 18.2. The van der Waals surface area contributed by atoms with E-state index in [9.17, 15) is 18.0 Å². The van der Waals surface area contributed by atoms with Crippen LogP contribution in [0.15, 0.2) is 23.1 Å². The average molecular weight is 439 g/mol. The standard InChI is InChI=1S/C21H30N2O6S/c1-28-18-12-9-15(13-19(18)30(26,27)23-17-10-11-17)21(25)29-14-20(24)22-16-7-5-3-2-4-6-8-16/h9,12-13,16-17,23H,2-8,10-11,14H2,1H3,(H,22,24). The molecule has 2 saturated carbocycles. The van der Waals surface area contributed by atoms with Crippen LogP contribution in [0.1, 0.15) is 68.1 Å². The molecule has 2 aliphatic rings. The van der Waals surface area contributed by atoms with Crippen molar-refractivity contribution in [3.05, 3.63) is 23.8 Å². The van der Waals surface area contributed by atoms with Gasteiger partial charge in [0.25, 0.3) is 5.91 Å². The number of carbonyl (C=O) groups excluding carboxylic acids is 2. The van der Waals surface area contributed by atoms with Gasteiger partial charge in [0.2, 0.25) is 10.0 Å². The smallest absolute Gasteiger partial charge is 0.338 e. The first-order valence-electron chi connectivity index (χ1n) is 10.6. The maximum atomic E-state index is 12.6. The monoisotopic (exact) mass is 438 g/mol. The molecule has 0 heterocycles. The number of rotatable bonds is 8. The fourth-order valence-electron chi connectivity index (χ4n) is 3.58. The predicted molar refractivity (Wildman–Crippen MR) is 111 cm³/mol. The number of methoxy groups -OCH3 is 1. The molecule has 166 valence electrons. The molecule has 0 aliphatic heterocycles. The van der Waals surface area contributed by atoms with Crippen molar-refractivity contribution in [3.63, 3.8) is 0 Å². The fourth-order valence-corrected chi connectivity index (χ4v) is 5.08. The van der Waals surface area contributed by atoms with Crippen molar-refractivity contribution in [2.75, 3.05) is 13.7 Å². The molecule has 0 spiro atoms. The molecule has 9 heteroatoms. The lowest BCUT2D eigenvalue weighted by Gasteiger charge is -2.21. The van der Waals surface area contributed by atoms with Gasteiger partial charge in [-0.1, -0.05) is 32.1 Å². The Morgan fingerprint density at radius 2 is 1.67 bits per heavy atom. The van der Waals surface area contributed by atoms with Crippen LogP contribution in [0.2, 0.25) is 0 Å². The number of sulfonamides is 1. The zero-order chi connectivity index (χ0) is 21.6. The first-order valence-corrected chi connectivity index (χ1v) is 12.0. The van der Waals surface area contributed by atoms with Crippen LogP contribution in [0, 0.1) is 0 Å². The van der Waals surface area contributed by atoms with Gasteiger partial charge in [0.15, 0.2) is 6.61 Å². The Hall–Kier alpha value is -2.13. The molecule has 0 aromatic heterocycles. The van der Waals surface area contributed by atoms with Gasteiger partial charge in [-0.15, -0.1) is 0 Å². The van der Waals surface area contributed by atoms with Crippen molar-refractivity contribution in [2.45, 2.75) is 74.8 Å². The average Bonchev–Trinajstić information content (AvgIpc) is 3.51. The highest BCUT2D eigenvalue weighted by Crippen LogP contribution is 2.28. The summed E-state index contributed by atoms with van der Waals surface area (Å²) < 4.78 is 38.0. The summed E-state index contributed by atoms with van der Waals surface area (Å²) >= 11 is 0. The van der Waals surface area contributed by atoms with E-state index >= 15 is 0 Å². The zero-order valence-electron chi connectivity index (χ0n) is 17.3. The molecule has 8 nitrogen and oxygen atoms in total. The third-order valence-corrected chi connectivity index (χ3v) is 6.93. The molecule has 0 bridgehead atoms. The van der Waals surface area contributed by atoms with Gasteiger partial charge in [0, 0.05) is 12.1 Å². The molecule has 0 radical (unpaired) electrons. The van der Waals surface area contributed by atoms with Crippen molar-refractivity contribution in [1.82, 2.24) is 10.0 Å². The van der Waals surface area contributed by atoms with E-state index in [0.717, 1.165) is 38.5 Å². The summed E-state index contributed by atoms with van der Waals surface area (Å²) in [6.45, 7) is -0.399. The number of hydrogen-bond donors (Lipinski definition) is 2. The van der Waals surface area contributed by atoms with Crippen LogP contribution in [0.4, 0.5) is 0 Å². The summed E-state index contributed by atoms with van der Waals surface area (Å²) in [4.78, 5) is 24.5. The van der Waals surface area contributed by atoms with Gasteiger partial charge in [-0.05, 0) is 43.9 Å². The SMILES string of the molecule is COc1ccc(C(=O)OCC(=O)NC2CCCCCCC2)cc1S(=O)(=O)NC1CC1. The third kappa shape index (κ3) is 6.43. The molecule has 0 atom stereocenters. The van der Waals surface area contributed by atoms with Crippen molar-refractivity contribution in [1.29, 1.82) is 0 Å². The molecular weight excluding hydrogens is 408 g/mol. The van der Waals surface area contributed by atoms with E-state index in [1.807, 2.05) is 0 Å². The first kappa shape index (κ1) is 22.6. The van der Waals surface area contributed by atoms with Gasteiger partial charge in [0.1, 0.15) is 10.6 Å². The van der Waals surface area contributed by atoms with Gasteiger partial charge in [-0.25, -0.2) is 17.9 Å². The topological polar surface area (TPSA) is 111 Å². The lowest BCUT2D eigenvalue weighted by Crippen LogP contribution is -2.38. The quantitative estimate of drug-likeness (QED) is 0.604. The lowest BCUT2D eigenvalue weighted by molar-refractivity contribution is -0.125. The first-order chi connectivity index (χ1) is 14.4. The Morgan fingerprint density at radius 3 is 2.30 bits per heavy atom. The summed E-state index contributed by atoms with van der Waals surface area (Å²) in [5.41, 5.74) is 0.0470. The molecule has 2 fully saturated rings. The van der Waals surface area contributed by atoms with Gasteiger partial charge in [-0.2, -0.15) is 0 Å². The van der Waals surface area contributed by atoms with E-state index in [1.165, 1.54) is 44.6 Å². The number of esters is 1. The maximum Gasteiger partial charge on any atom is 0.338 e. The number of ether oxygens (including phenoxy) is 2. The van der Waals surface area contributed by atoms with Gasteiger partial charge in [-0.3, -0.25) is 4.79 Å². The molecule has 2 aliphatic carbocycles. The summed E-state index contributed by atoms with van der Waals surface area (Å²) in [6.07, 6.45) is 9.23. The van der Waals surface area contributed by atoms with Crippen molar-refractivity contribution >= 4 is 21.9 Å². The van der Waals surface area contributed by atoms with Crippen LogP contribution >= 0.6 is 0 Å². The molecule has 3 rings (SSSR count). The van der Waals surface area contributed by atoms with Crippen LogP contribution in [0.25, 0.3) is 0 Å². The molecule has 30 heavy (non-hydrogen) atoms. The van der Waals surface area contributed by atoms with Gasteiger partial charge in [0.05, 0.1) is 12.7 Å². The predicted octanol–water partition coefficient (Wildman–Crippen LogP) is 2.52. The molecule has 1 aromatic carbocycles. The van der Waals surface area contributed by atoms with Gasteiger partial charge >= 0.3 is 5.97 Å². The van der Waals surface area contributed by atoms with E-state index in [-0.39, 0.29) is 34.2 Å². The largest absolute Gasteiger partial charge is 0.495 e. The summed E-state index contributed by atoms with van der Waals surface area (Å²) in [5.74, 6) is -0.958. The minimum atomic E-state index is -3.81. The molecule has 0 unspecified atom stereocenters. The molecule has 1 aromatic rings. The number of carbonyl (C=O) groups is 2. The Balaban J connectivity index is 1.59. The van der Waals surface area contributed by atoms with Crippen molar-refractivity contribution < 1.29 is 27.5 Å². The van der Waals surface area contributed by atoms with Crippen molar-refractivity contribution in [3.8, 4) is 5.75 Å². The van der Waals surface area contributed by atoms with E-state index in [4.69, 9.17) is 9.47 Å². The van der Waals surface area contributed by atoms with E-state index < -0.39 is 22.6 Å². The number of benzene rings is 1. The minimum absolute atomic E-state index is 0.0470. The van der Waals surface area contributed by atoms with Crippen LogP contribution in [0.5, 0.6) is 5.75 Å². The minimum Gasteiger partial charge on any atom is -0.495 e. The summed E-state index contributed by atoms with van der Waals surface area (Å²) in [7, 11) is -2.45. The summed E-state index contributed by atoms with van der Waals surface area (Å²) in [6, 6.07) is 4.09. The highest BCUT2D eigenvalue weighted by molar-refractivity contribution is 7.89. The second-order valence-corrected chi connectivity index (χ2v) is 9.63. The highest BCUT2D eigenvalue weighted by atomic mass is 32.2. The third-order valence-electron chi connectivity index (χ3n) is 5.39. The van der Waals surface area contributed by atoms with Crippen LogP contribution < -0.4 is 14.8 Å². The fraction of sp³-hybridized carbons (Fsp3) is 0.619. The number of nitrogens with one attached hydrogen (secondary N) is 2. The second-order valence-electron chi connectivity index (χ2n) is 7.95. The Kier molecular flexibility index (Phi) is 7.71. The lowest BCUT2D eigenvalue weighted by atomic mass is 9.97. The van der Waals surface area contributed by atoms with E-state index in [0.29, 0.717) is 0 Å². The van der Waals surface area contributed by atoms with Gasteiger partial charge < -0.3 is 14.8 Å². The highest BCUT2D eigenvalue weighted by Gasteiger charge is 2.30. The van der Waals surface area contributed by atoms with Crippen molar-refractivity contribution in [2.24, 2.45) is 0 Å².